The summed E-state index contributed by atoms with van der Waals surface area (Å²) in [5.74, 6) is -0.983. The van der Waals surface area contributed by atoms with Gasteiger partial charge < -0.3 is 5.32 Å². The smallest absolute Gasteiger partial charge is 0.147 e. The first-order chi connectivity index (χ1) is 10.0. The quantitative estimate of drug-likeness (QED) is 0.603. The number of rotatable bonds is 5. The minimum absolute atomic E-state index is 0.0951. The molecule has 0 heterocycles. The van der Waals surface area contributed by atoms with Crippen LogP contribution in [-0.2, 0) is 0 Å². The maximum Gasteiger partial charge on any atom is 0.147 e. The van der Waals surface area contributed by atoms with Crippen LogP contribution in [0.2, 0.25) is 5.02 Å². The highest BCUT2D eigenvalue weighted by Gasteiger charge is 2.15. The van der Waals surface area contributed by atoms with Crippen molar-refractivity contribution in [1.82, 2.24) is 0 Å². The van der Waals surface area contributed by atoms with Crippen molar-refractivity contribution in [3.05, 3.63) is 63.1 Å². The van der Waals surface area contributed by atoms with Gasteiger partial charge in [0.2, 0.25) is 0 Å². The average molecular weight is 375 g/mol. The van der Waals surface area contributed by atoms with Gasteiger partial charge in [0.25, 0.3) is 0 Å². The number of hydrogen-bond donors (Lipinski definition) is 1. The molecule has 0 bridgehead atoms. The summed E-state index contributed by atoms with van der Waals surface area (Å²) in [6.45, 7) is 2.04. The lowest BCUT2D eigenvalue weighted by Gasteiger charge is -2.20. The van der Waals surface area contributed by atoms with Gasteiger partial charge in [0.05, 0.1) is 16.2 Å². The first-order valence-electron chi connectivity index (χ1n) is 6.67. The standard InChI is InChI=1S/C16H15BrClF2N/c1-2-3-15(10-4-6-11(18)7-5-10)21-16-9-13(19)12(17)8-14(16)20/h4-9,15,21H,2-3H2,1H3. The van der Waals surface area contributed by atoms with Crippen LogP contribution in [0.4, 0.5) is 14.5 Å². The van der Waals surface area contributed by atoms with Crippen molar-refractivity contribution >= 4 is 33.2 Å². The molecule has 1 N–H and O–H groups in total. The Labute approximate surface area is 136 Å². The second-order valence-corrected chi connectivity index (χ2v) is 6.07. The SMILES string of the molecule is CCCC(Nc1cc(F)c(Br)cc1F)c1ccc(Cl)cc1. The minimum atomic E-state index is -0.495. The Morgan fingerprint density at radius 3 is 2.43 bits per heavy atom. The van der Waals surface area contributed by atoms with Crippen LogP contribution in [0.3, 0.4) is 0 Å². The Bertz CT molecular complexity index is 616. The van der Waals surface area contributed by atoms with Gasteiger partial charge in [-0.2, -0.15) is 0 Å². The topological polar surface area (TPSA) is 12.0 Å². The summed E-state index contributed by atoms with van der Waals surface area (Å²) >= 11 is 8.85. The normalized spacial score (nSPS) is 12.2. The van der Waals surface area contributed by atoms with Crippen LogP contribution >= 0.6 is 27.5 Å². The third kappa shape index (κ3) is 4.17. The van der Waals surface area contributed by atoms with Crippen LogP contribution in [0, 0.1) is 11.6 Å². The highest BCUT2D eigenvalue weighted by Crippen LogP contribution is 2.29. The highest BCUT2D eigenvalue weighted by atomic mass is 79.9. The maximum absolute atomic E-state index is 13.9. The lowest BCUT2D eigenvalue weighted by atomic mass is 10.0. The molecule has 0 aliphatic rings. The molecule has 2 rings (SSSR count). The van der Waals surface area contributed by atoms with Gasteiger partial charge in [0.15, 0.2) is 0 Å². The molecule has 1 atom stereocenters. The Morgan fingerprint density at radius 1 is 1.14 bits per heavy atom. The molecule has 2 aromatic carbocycles. The van der Waals surface area contributed by atoms with E-state index in [0.717, 1.165) is 30.5 Å². The lowest BCUT2D eigenvalue weighted by Crippen LogP contribution is -2.12. The molecule has 0 saturated heterocycles. The summed E-state index contributed by atoms with van der Waals surface area (Å²) in [7, 11) is 0. The molecule has 0 amide bonds. The van der Waals surface area contributed by atoms with Crippen molar-refractivity contribution in [3.8, 4) is 0 Å². The second-order valence-electron chi connectivity index (χ2n) is 4.78. The number of hydrogen-bond acceptors (Lipinski definition) is 1. The molecule has 0 saturated carbocycles. The fourth-order valence-corrected chi connectivity index (χ4v) is 2.57. The molecule has 0 aromatic heterocycles. The van der Waals surface area contributed by atoms with E-state index in [1.165, 1.54) is 0 Å². The predicted molar refractivity (Wildman–Crippen MR) is 86.8 cm³/mol. The monoisotopic (exact) mass is 373 g/mol. The molecule has 0 radical (unpaired) electrons. The van der Waals surface area contributed by atoms with Crippen LogP contribution < -0.4 is 5.32 Å². The van der Waals surface area contributed by atoms with E-state index < -0.39 is 11.6 Å². The average Bonchev–Trinajstić information content (AvgIpc) is 2.45. The maximum atomic E-state index is 13.9. The number of anilines is 1. The Kier molecular flexibility index (Phi) is 5.59. The molecule has 5 heteroatoms. The highest BCUT2D eigenvalue weighted by molar-refractivity contribution is 9.10. The number of benzene rings is 2. The van der Waals surface area contributed by atoms with Crippen LogP contribution in [0.25, 0.3) is 0 Å². The van der Waals surface area contributed by atoms with Crippen molar-refractivity contribution in [3.63, 3.8) is 0 Å². The lowest BCUT2D eigenvalue weighted by molar-refractivity contribution is 0.590. The van der Waals surface area contributed by atoms with Crippen LogP contribution in [0.15, 0.2) is 40.9 Å². The van der Waals surface area contributed by atoms with Crippen molar-refractivity contribution in [2.24, 2.45) is 0 Å². The first-order valence-corrected chi connectivity index (χ1v) is 7.85. The van der Waals surface area contributed by atoms with E-state index >= 15 is 0 Å². The van der Waals surface area contributed by atoms with Gasteiger partial charge in [0.1, 0.15) is 11.6 Å². The van der Waals surface area contributed by atoms with Crippen molar-refractivity contribution in [2.75, 3.05) is 5.32 Å². The Hall–Kier alpha value is -1.13. The largest absolute Gasteiger partial charge is 0.376 e. The Balaban J connectivity index is 2.28. The molecule has 0 aliphatic carbocycles. The predicted octanol–water partition coefficient (Wildman–Crippen LogP) is 6.33. The van der Waals surface area contributed by atoms with Gasteiger partial charge in [-0.3, -0.25) is 0 Å². The number of nitrogens with one attached hydrogen (secondary N) is 1. The summed E-state index contributed by atoms with van der Waals surface area (Å²) in [5, 5.41) is 3.72. The van der Waals surface area contributed by atoms with E-state index in [-0.39, 0.29) is 16.2 Å². The van der Waals surface area contributed by atoms with Gasteiger partial charge in [-0.1, -0.05) is 37.1 Å². The van der Waals surface area contributed by atoms with Gasteiger partial charge in [-0.15, -0.1) is 0 Å². The summed E-state index contributed by atoms with van der Waals surface area (Å²) in [6, 6.07) is 9.56. The molecule has 112 valence electrons. The molecule has 2 aromatic rings. The van der Waals surface area contributed by atoms with E-state index in [0.29, 0.717) is 5.02 Å². The van der Waals surface area contributed by atoms with E-state index in [4.69, 9.17) is 11.6 Å². The van der Waals surface area contributed by atoms with Crippen LogP contribution in [0.1, 0.15) is 31.4 Å². The first kappa shape index (κ1) is 16.2. The van der Waals surface area contributed by atoms with Crippen LogP contribution in [-0.4, -0.2) is 0 Å². The fraction of sp³-hybridized carbons (Fsp3) is 0.250. The zero-order chi connectivity index (χ0) is 15.4. The molecule has 1 nitrogen and oxygen atoms in total. The third-order valence-corrected chi connectivity index (χ3v) is 4.05. The van der Waals surface area contributed by atoms with E-state index in [1.807, 2.05) is 19.1 Å². The summed E-state index contributed by atoms with van der Waals surface area (Å²) < 4.78 is 27.6. The van der Waals surface area contributed by atoms with Crippen molar-refractivity contribution in [1.29, 1.82) is 0 Å². The summed E-state index contributed by atoms with van der Waals surface area (Å²) in [4.78, 5) is 0. The molecular weight excluding hydrogens is 360 g/mol. The van der Waals surface area contributed by atoms with Crippen LogP contribution in [0.5, 0.6) is 0 Å². The number of halogens is 4. The fourth-order valence-electron chi connectivity index (χ4n) is 2.13. The second kappa shape index (κ2) is 7.23. The third-order valence-electron chi connectivity index (χ3n) is 3.19. The molecular formula is C16H15BrClF2N. The van der Waals surface area contributed by atoms with Gasteiger partial charge >= 0.3 is 0 Å². The molecule has 21 heavy (non-hydrogen) atoms. The Morgan fingerprint density at radius 2 is 1.81 bits per heavy atom. The van der Waals surface area contributed by atoms with Crippen molar-refractivity contribution < 1.29 is 8.78 Å². The van der Waals surface area contributed by atoms with Gasteiger partial charge in [-0.25, -0.2) is 8.78 Å². The van der Waals surface area contributed by atoms with E-state index in [1.54, 1.807) is 12.1 Å². The summed E-state index contributed by atoms with van der Waals surface area (Å²) in [5.41, 5.74) is 1.15. The van der Waals surface area contributed by atoms with E-state index in [9.17, 15) is 8.78 Å². The van der Waals surface area contributed by atoms with E-state index in [2.05, 4.69) is 21.2 Å². The zero-order valence-electron chi connectivity index (χ0n) is 11.5. The minimum Gasteiger partial charge on any atom is -0.376 e. The molecule has 0 fully saturated rings. The molecule has 0 spiro atoms. The molecule has 0 aliphatic heterocycles. The van der Waals surface area contributed by atoms with Gasteiger partial charge in [-0.05, 0) is 46.1 Å². The zero-order valence-corrected chi connectivity index (χ0v) is 13.8. The summed E-state index contributed by atoms with van der Waals surface area (Å²) in [6.07, 6.45) is 1.72. The molecule has 1 unspecified atom stereocenters. The van der Waals surface area contributed by atoms with Crippen molar-refractivity contribution in [2.45, 2.75) is 25.8 Å². The van der Waals surface area contributed by atoms with Gasteiger partial charge in [0, 0.05) is 11.1 Å².